The summed E-state index contributed by atoms with van der Waals surface area (Å²) in [6, 6.07) is 1.06. The lowest BCUT2D eigenvalue weighted by Crippen LogP contribution is -2.21. The van der Waals surface area contributed by atoms with Crippen molar-refractivity contribution in [2.45, 2.75) is 26.3 Å². The van der Waals surface area contributed by atoms with E-state index in [1.54, 1.807) is 19.9 Å². The Morgan fingerprint density at radius 2 is 2.40 bits per heavy atom. The zero-order valence-electron chi connectivity index (χ0n) is 14.4. The maximum Gasteiger partial charge on any atom is 0.357 e. The molecule has 1 amide bonds. The van der Waals surface area contributed by atoms with E-state index in [-0.39, 0.29) is 31.2 Å². The average molecular weight is 281 g/mol. The zero-order valence-corrected chi connectivity index (χ0v) is 11.4. The quantitative estimate of drug-likeness (QED) is 0.825. The second kappa shape index (κ2) is 6.00. The maximum absolute atomic E-state index is 12.1. The molecule has 1 aliphatic rings. The molecule has 1 atom stereocenters. The Bertz CT molecular complexity index is 631. The van der Waals surface area contributed by atoms with Gasteiger partial charge in [-0.1, -0.05) is 0 Å². The molecule has 1 aliphatic heterocycles. The molecule has 6 heteroatoms. The van der Waals surface area contributed by atoms with Crippen LogP contribution in [0.5, 0.6) is 0 Å². The molecular formula is C14H18N2O4. The Labute approximate surface area is 121 Å². The Kier molecular flexibility index (Phi) is 3.24. The van der Waals surface area contributed by atoms with Gasteiger partial charge < -0.3 is 14.8 Å². The fourth-order valence-electron chi connectivity index (χ4n) is 2.28. The van der Waals surface area contributed by atoms with E-state index in [1.165, 1.54) is 0 Å². The standard InChI is InChI=1S/C14H18N2O4/c1-4-20-14(18)12-11-9(7-8(2)15-12)13(17)16-10(11)5-6-19-3/h7,10H,4-6H2,1-3H3,(H,16,17)/i3D3. The molecule has 1 aromatic heterocycles. The minimum absolute atomic E-state index is 0.0825. The van der Waals surface area contributed by atoms with Gasteiger partial charge in [-0.3, -0.25) is 4.79 Å². The number of carbonyl (C=O) groups excluding carboxylic acids is 2. The smallest absolute Gasteiger partial charge is 0.357 e. The SMILES string of the molecule is [2H]C([2H])([2H])OCCC1NC(=O)c2cc(C)nc(C(=O)OCC)c21. The lowest BCUT2D eigenvalue weighted by Gasteiger charge is -2.14. The van der Waals surface area contributed by atoms with Gasteiger partial charge in [0.25, 0.3) is 5.91 Å². The van der Waals surface area contributed by atoms with E-state index in [2.05, 4.69) is 10.3 Å². The van der Waals surface area contributed by atoms with Crippen LogP contribution in [0.1, 0.15) is 55.6 Å². The molecule has 6 nitrogen and oxygen atoms in total. The van der Waals surface area contributed by atoms with Crippen molar-refractivity contribution in [3.05, 3.63) is 28.6 Å². The van der Waals surface area contributed by atoms with Crippen molar-refractivity contribution in [1.29, 1.82) is 0 Å². The van der Waals surface area contributed by atoms with Crippen molar-refractivity contribution in [1.82, 2.24) is 10.3 Å². The second-order valence-corrected chi connectivity index (χ2v) is 4.46. The molecule has 0 saturated carbocycles. The molecule has 1 aromatic rings. The van der Waals surface area contributed by atoms with Gasteiger partial charge in [0.05, 0.1) is 16.8 Å². The van der Waals surface area contributed by atoms with Gasteiger partial charge in [-0.05, 0) is 26.3 Å². The summed E-state index contributed by atoms with van der Waals surface area (Å²) in [5, 5.41) is 2.72. The summed E-state index contributed by atoms with van der Waals surface area (Å²) in [4.78, 5) is 28.4. The number of pyridine rings is 1. The van der Waals surface area contributed by atoms with Crippen molar-refractivity contribution in [2.24, 2.45) is 0 Å². The topological polar surface area (TPSA) is 77.5 Å². The molecule has 0 spiro atoms. The van der Waals surface area contributed by atoms with E-state index >= 15 is 0 Å². The van der Waals surface area contributed by atoms with Crippen LogP contribution in [0.4, 0.5) is 0 Å². The number of methoxy groups -OCH3 is 1. The Hall–Kier alpha value is -1.95. The van der Waals surface area contributed by atoms with E-state index in [0.29, 0.717) is 16.8 Å². The molecule has 0 aromatic carbocycles. The lowest BCUT2D eigenvalue weighted by atomic mass is 10.00. The van der Waals surface area contributed by atoms with Crippen molar-refractivity contribution in [3.63, 3.8) is 0 Å². The molecule has 1 N–H and O–H groups in total. The van der Waals surface area contributed by atoms with Crippen LogP contribution in [0.2, 0.25) is 0 Å². The number of amides is 1. The Morgan fingerprint density at radius 1 is 1.60 bits per heavy atom. The minimum Gasteiger partial charge on any atom is -0.461 e. The first kappa shape index (κ1) is 10.8. The Balaban J connectivity index is 2.29. The van der Waals surface area contributed by atoms with Gasteiger partial charge in [-0.2, -0.15) is 0 Å². The van der Waals surface area contributed by atoms with Crippen LogP contribution in [-0.4, -0.2) is 37.1 Å². The van der Waals surface area contributed by atoms with E-state index < -0.39 is 19.0 Å². The number of nitrogens with one attached hydrogen (secondary N) is 1. The highest BCUT2D eigenvalue weighted by Crippen LogP contribution is 2.31. The summed E-state index contributed by atoms with van der Waals surface area (Å²) >= 11 is 0. The van der Waals surface area contributed by atoms with Crippen molar-refractivity contribution in [3.8, 4) is 0 Å². The molecular weight excluding hydrogens is 260 g/mol. The number of carbonyl (C=O) groups is 2. The predicted octanol–water partition coefficient (Wildman–Crippen LogP) is 1.39. The summed E-state index contributed by atoms with van der Waals surface area (Å²) in [5.74, 6) is -0.930. The molecule has 1 unspecified atom stereocenters. The summed E-state index contributed by atoms with van der Waals surface area (Å²) in [6.07, 6.45) is 0.217. The first-order valence-electron chi connectivity index (χ1n) is 7.86. The molecule has 0 radical (unpaired) electrons. The second-order valence-electron chi connectivity index (χ2n) is 4.46. The maximum atomic E-state index is 12.1. The summed E-state index contributed by atoms with van der Waals surface area (Å²) in [6.45, 7) is 3.47. The summed E-state index contributed by atoms with van der Waals surface area (Å²) in [5.41, 5.74) is 1.41. The number of rotatable bonds is 5. The largest absolute Gasteiger partial charge is 0.461 e. The van der Waals surface area contributed by atoms with Crippen molar-refractivity contribution in [2.75, 3.05) is 20.3 Å². The van der Waals surface area contributed by atoms with E-state index in [1.807, 2.05) is 0 Å². The Morgan fingerprint density at radius 3 is 3.10 bits per heavy atom. The van der Waals surface area contributed by atoms with Gasteiger partial charge >= 0.3 is 5.97 Å². The van der Waals surface area contributed by atoms with Crippen LogP contribution >= 0.6 is 0 Å². The van der Waals surface area contributed by atoms with Gasteiger partial charge in [0.2, 0.25) is 0 Å². The van der Waals surface area contributed by atoms with Gasteiger partial charge in [0.1, 0.15) is 0 Å². The van der Waals surface area contributed by atoms with Crippen LogP contribution in [0.25, 0.3) is 0 Å². The molecule has 0 fully saturated rings. The minimum atomic E-state index is -2.50. The first-order valence-corrected chi connectivity index (χ1v) is 6.36. The fraction of sp³-hybridized carbons (Fsp3) is 0.500. The summed E-state index contributed by atoms with van der Waals surface area (Å²) < 4.78 is 30.8. The number of fused-ring (bicyclic) bond motifs is 1. The third kappa shape index (κ3) is 2.65. The number of hydrogen-bond donors (Lipinski definition) is 1. The van der Waals surface area contributed by atoms with Crippen LogP contribution in [0.15, 0.2) is 6.07 Å². The average Bonchev–Trinajstić information content (AvgIpc) is 2.73. The highest BCUT2D eigenvalue weighted by Gasteiger charge is 2.34. The third-order valence-electron chi connectivity index (χ3n) is 3.06. The molecule has 0 aliphatic carbocycles. The number of aryl methyl sites for hydroxylation is 1. The van der Waals surface area contributed by atoms with E-state index in [9.17, 15) is 9.59 Å². The molecule has 20 heavy (non-hydrogen) atoms. The molecule has 2 rings (SSSR count). The number of esters is 1. The van der Waals surface area contributed by atoms with Gasteiger partial charge in [-0.25, -0.2) is 9.78 Å². The highest BCUT2D eigenvalue weighted by molar-refractivity contribution is 6.03. The van der Waals surface area contributed by atoms with Gasteiger partial charge in [0.15, 0.2) is 5.69 Å². The number of nitrogens with zero attached hydrogens (tertiary/aromatic N) is 1. The number of ether oxygens (including phenoxy) is 2. The van der Waals surface area contributed by atoms with Gasteiger partial charge in [-0.15, -0.1) is 0 Å². The summed E-state index contributed by atoms with van der Waals surface area (Å²) in [7, 11) is -2.50. The highest BCUT2D eigenvalue weighted by atomic mass is 16.5. The van der Waals surface area contributed by atoms with E-state index in [4.69, 9.17) is 13.6 Å². The monoisotopic (exact) mass is 281 g/mol. The van der Waals surface area contributed by atoms with Crippen molar-refractivity contribution >= 4 is 11.9 Å². The fourth-order valence-corrected chi connectivity index (χ4v) is 2.28. The molecule has 0 bridgehead atoms. The number of aromatic nitrogens is 1. The third-order valence-corrected chi connectivity index (χ3v) is 3.06. The molecule has 2 heterocycles. The first-order chi connectivity index (χ1) is 10.7. The van der Waals surface area contributed by atoms with Crippen LogP contribution in [0, 0.1) is 6.92 Å². The number of hydrogen-bond acceptors (Lipinski definition) is 5. The zero-order chi connectivity index (χ0) is 17.2. The van der Waals surface area contributed by atoms with Gasteiger partial charge in [0, 0.05) is 30.5 Å². The van der Waals surface area contributed by atoms with Crippen molar-refractivity contribution < 1.29 is 23.2 Å². The normalized spacial score (nSPS) is 19.6. The predicted molar refractivity (Wildman–Crippen MR) is 71.6 cm³/mol. The lowest BCUT2D eigenvalue weighted by molar-refractivity contribution is 0.0516. The molecule has 108 valence electrons. The molecule has 0 saturated heterocycles. The van der Waals surface area contributed by atoms with Crippen LogP contribution < -0.4 is 5.32 Å². The van der Waals surface area contributed by atoms with Crippen LogP contribution in [0.3, 0.4) is 0 Å². The van der Waals surface area contributed by atoms with E-state index in [0.717, 1.165) is 0 Å². The van der Waals surface area contributed by atoms with Crippen LogP contribution in [-0.2, 0) is 9.47 Å².